The summed E-state index contributed by atoms with van der Waals surface area (Å²) in [4.78, 5) is 19.2. The number of pyridine rings is 1. The number of nitrogens with one attached hydrogen (secondary N) is 2. The van der Waals surface area contributed by atoms with E-state index in [1.54, 1.807) is 0 Å². The van der Waals surface area contributed by atoms with E-state index >= 15 is 0 Å². The van der Waals surface area contributed by atoms with Gasteiger partial charge >= 0.3 is 0 Å². The number of anilines is 1. The number of rotatable bonds is 4. The molecule has 1 saturated carbocycles. The monoisotopic (exact) mass is 314 g/mol. The van der Waals surface area contributed by atoms with Crippen LogP contribution in [0.5, 0.6) is 0 Å². The molecule has 0 bridgehead atoms. The summed E-state index contributed by atoms with van der Waals surface area (Å²) in [5.74, 6) is 1.53. The van der Waals surface area contributed by atoms with Crippen LogP contribution in [0.15, 0.2) is 18.3 Å². The van der Waals surface area contributed by atoms with Crippen LogP contribution in [0.3, 0.4) is 0 Å². The quantitative estimate of drug-likeness (QED) is 0.888. The Balaban J connectivity index is 1.28. The highest BCUT2D eigenvalue weighted by molar-refractivity contribution is 5.82. The lowest BCUT2D eigenvalue weighted by Crippen LogP contribution is -2.33. The van der Waals surface area contributed by atoms with Crippen molar-refractivity contribution < 1.29 is 4.79 Å². The number of hydrogen-bond acceptors (Lipinski definition) is 4. The largest absolute Gasteiger partial charge is 0.357 e. The molecule has 1 spiro atoms. The van der Waals surface area contributed by atoms with Gasteiger partial charge in [-0.25, -0.2) is 4.98 Å². The van der Waals surface area contributed by atoms with E-state index in [0.717, 1.165) is 56.8 Å². The molecular formula is C18H26N4O. The van der Waals surface area contributed by atoms with E-state index in [9.17, 15) is 4.79 Å². The summed E-state index contributed by atoms with van der Waals surface area (Å²) in [5, 5.41) is 6.49. The van der Waals surface area contributed by atoms with Crippen LogP contribution in [0.1, 0.15) is 37.7 Å². The van der Waals surface area contributed by atoms with Crippen molar-refractivity contribution in [3.8, 4) is 0 Å². The Morgan fingerprint density at radius 3 is 2.78 bits per heavy atom. The highest BCUT2D eigenvalue weighted by Gasteiger charge is 2.57. The molecule has 1 aliphatic carbocycles. The van der Waals surface area contributed by atoms with E-state index in [2.05, 4.69) is 32.7 Å². The van der Waals surface area contributed by atoms with Crippen molar-refractivity contribution >= 4 is 11.7 Å². The van der Waals surface area contributed by atoms with Crippen molar-refractivity contribution in [2.45, 2.75) is 38.6 Å². The molecule has 1 aromatic heterocycles. The predicted molar refractivity (Wildman–Crippen MR) is 90.2 cm³/mol. The first-order valence-corrected chi connectivity index (χ1v) is 8.95. The zero-order chi connectivity index (χ0) is 15.7. The number of hydrogen-bond donors (Lipinski definition) is 2. The predicted octanol–water partition coefficient (Wildman–Crippen LogP) is 1.69. The minimum atomic E-state index is 0.232. The first-order valence-electron chi connectivity index (χ1n) is 8.95. The molecule has 3 aliphatic rings. The standard InChI is InChI=1S/C18H26N4O/c23-17(15-11-18(15)5-7-19-8-6-18)21-13-14-3-4-16(20-12-14)22-9-1-2-10-22/h3-4,12,15,19H,1-2,5-11,13H2,(H,21,23). The number of piperidine rings is 1. The molecule has 0 aromatic carbocycles. The number of carbonyl (C=O) groups is 1. The van der Waals surface area contributed by atoms with Crippen LogP contribution in [0, 0.1) is 11.3 Å². The van der Waals surface area contributed by atoms with Gasteiger partial charge in [0.15, 0.2) is 0 Å². The fourth-order valence-electron chi connectivity index (χ4n) is 4.16. The van der Waals surface area contributed by atoms with Gasteiger partial charge in [-0.15, -0.1) is 0 Å². The molecule has 1 atom stereocenters. The second-order valence-corrected chi connectivity index (χ2v) is 7.31. The summed E-state index contributed by atoms with van der Waals surface area (Å²) in [6, 6.07) is 4.17. The maximum atomic E-state index is 12.4. The molecule has 5 nitrogen and oxygen atoms in total. The van der Waals surface area contributed by atoms with Gasteiger partial charge in [-0.05, 0) is 62.2 Å². The van der Waals surface area contributed by atoms with Crippen molar-refractivity contribution in [3.63, 3.8) is 0 Å². The highest BCUT2D eigenvalue weighted by atomic mass is 16.2. The molecule has 2 aliphatic heterocycles. The van der Waals surface area contributed by atoms with Crippen LogP contribution in [-0.2, 0) is 11.3 Å². The Bertz CT molecular complexity index is 559. The third-order valence-corrected chi connectivity index (χ3v) is 5.81. The minimum absolute atomic E-state index is 0.232. The summed E-state index contributed by atoms with van der Waals surface area (Å²) >= 11 is 0. The van der Waals surface area contributed by atoms with Crippen molar-refractivity contribution in [1.82, 2.24) is 15.6 Å². The van der Waals surface area contributed by atoms with Crippen molar-refractivity contribution in [2.75, 3.05) is 31.1 Å². The van der Waals surface area contributed by atoms with Crippen molar-refractivity contribution in [3.05, 3.63) is 23.9 Å². The Labute approximate surface area is 137 Å². The second-order valence-electron chi connectivity index (χ2n) is 7.31. The van der Waals surface area contributed by atoms with Crippen LogP contribution in [-0.4, -0.2) is 37.1 Å². The number of carbonyl (C=O) groups excluding carboxylic acids is 1. The maximum Gasteiger partial charge on any atom is 0.223 e. The van der Waals surface area contributed by atoms with E-state index in [-0.39, 0.29) is 11.8 Å². The van der Waals surface area contributed by atoms with Gasteiger partial charge in [-0.2, -0.15) is 0 Å². The summed E-state index contributed by atoms with van der Waals surface area (Å²) in [5.41, 5.74) is 1.40. The molecule has 1 amide bonds. The smallest absolute Gasteiger partial charge is 0.223 e. The van der Waals surface area contributed by atoms with Crippen LogP contribution >= 0.6 is 0 Å². The van der Waals surface area contributed by atoms with Crippen LogP contribution in [0.2, 0.25) is 0 Å². The molecule has 1 unspecified atom stereocenters. The first kappa shape index (κ1) is 14.9. The molecule has 3 fully saturated rings. The van der Waals surface area contributed by atoms with Crippen molar-refractivity contribution in [1.29, 1.82) is 0 Å². The third-order valence-electron chi connectivity index (χ3n) is 5.81. The molecule has 23 heavy (non-hydrogen) atoms. The molecule has 1 aromatic rings. The fraction of sp³-hybridized carbons (Fsp3) is 0.667. The Morgan fingerprint density at radius 1 is 1.30 bits per heavy atom. The minimum Gasteiger partial charge on any atom is -0.357 e. The lowest BCUT2D eigenvalue weighted by Gasteiger charge is -2.23. The molecule has 124 valence electrons. The van der Waals surface area contributed by atoms with E-state index in [1.807, 2.05) is 6.20 Å². The number of nitrogens with zero attached hydrogens (tertiary/aromatic N) is 2. The molecule has 3 heterocycles. The van der Waals surface area contributed by atoms with Gasteiger partial charge < -0.3 is 15.5 Å². The Kier molecular flexibility index (Phi) is 3.97. The number of aromatic nitrogens is 1. The van der Waals surface area contributed by atoms with Gasteiger partial charge in [-0.1, -0.05) is 6.07 Å². The fourth-order valence-corrected chi connectivity index (χ4v) is 4.16. The van der Waals surface area contributed by atoms with E-state index in [1.165, 1.54) is 12.8 Å². The maximum absolute atomic E-state index is 12.4. The van der Waals surface area contributed by atoms with E-state index < -0.39 is 0 Å². The summed E-state index contributed by atoms with van der Waals surface area (Å²) in [6.07, 6.45) is 7.80. The van der Waals surface area contributed by atoms with E-state index in [4.69, 9.17) is 0 Å². The van der Waals surface area contributed by atoms with Gasteiger partial charge in [0, 0.05) is 31.7 Å². The van der Waals surface area contributed by atoms with Gasteiger partial charge in [0.05, 0.1) is 0 Å². The molecular weight excluding hydrogens is 288 g/mol. The summed E-state index contributed by atoms with van der Waals surface area (Å²) < 4.78 is 0. The SMILES string of the molecule is O=C(NCc1ccc(N2CCCC2)nc1)C1CC12CCNCC2. The summed E-state index contributed by atoms with van der Waals surface area (Å²) in [6.45, 7) is 4.94. The Morgan fingerprint density at radius 2 is 2.09 bits per heavy atom. The van der Waals surface area contributed by atoms with Crippen molar-refractivity contribution in [2.24, 2.45) is 11.3 Å². The average Bonchev–Trinajstić information content (AvgIpc) is 3.03. The van der Waals surface area contributed by atoms with Crippen LogP contribution in [0.4, 0.5) is 5.82 Å². The highest BCUT2D eigenvalue weighted by Crippen LogP contribution is 2.58. The van der Waals surface area contributed by atoms with Crippen LogP contribution in [0.25, 0.3) is 0 Å². The number of amides is 1. The molecule has 5 heteroatoms. The molecule has 2 saturated heterocycles. The van der Waals surface area contributed by atoms with Gasteiger partial charge in [0.1, 0.15) is 5.82 Å². The normalized spacial score (nSPS) is 25.6. The molecule has 0 radical (unpaired) electrons. The topological polar surface area (TPSA) is 57.3 Å². The Hall–Kier alpha value is -1.62. The average molecular weight is 314 g/mol. The van der Waals surface area contributed by atoms with Gasteiger partial charge in [0.2, 0.25) is 5.91 Å². The molecule has 2 N–H and O–H groups in total. The lowest BCUT2D eigenvalue weighted by atomic mass is 9.92. The van der Waals surface area contributed by atoms with E-state index in [0.29, 0.717) is 12.0 Å². The second kappa shape index (κ2) is 6.11. The third kappa shape index (κ3) is 3.07. The zero-order valence-electron chi connectivity index (χ0n) is 13.7. The summed E-state index contributed by atoms with van der Waals surface area (Å²) in [7, 11) is 0. The van der Waals surface area contributed by atoms with Gasteiger partial charge in [0.25, 0.3) is 0 Å². The lowest BCUT2D eigenvalue weighted by molar-refractivity contribution is -0.123. The van der Waals surface area contributed by atoms with Crippen LogP contribution < -0.4 is 15.5 Å². The van der Waals surface area contributed by atoms with Gasteiger partial charge in [-0.3, -0.25) is 4.79 Å². The molecule has 4 rings (SSSR count). The first-order chi connectivity index (χ1) is 11.3. The zero-order valence-corrected chi connectivity index (χ0v) is 13.7.